The van der Waals surface area contributed by atoms with E-state index in [1.54, 1.807) is 16.7 Å². The molecule has 1 aromatic carbocycles. The van der Waals surface area contributed by atoms with E-state index in [9.17, 15) is 0 Å². The molecule has 3 heteroatoms. The number of fused-ring (bicyclic) bond motifs is 2. The van der Waals surface area contributed by atoms with Crippen molar-refractivity contribution in [3.63, 3.8) is 0 Å². The highest BCUT2D eigenvalue weighted by atomic mass is 16.5. The monoisotopic (exact) mass is 286 g/mol. The maximum Gasteiger partial charge on any atom is 0.143 e. The summed E-state index contributed by atoms with van der Waals surface area (Å²) in [6, 6.07) is 2.35. The fourth-order valence-corrected chi connectivity index (χ4v) is 3.96. The summed E-state index contributed by atoms with van der Waals surface area (Å²) < 4.78 is 6.06. The van der Waals surface area contributed by atoms with Crippen molar-refractivity contribution in [2.75, 3.05) is 37.7 Å². The summed E-state index contributed by atoms with van der Waals surface area (Å²) in [7, 11) is 0. The molecule has 1 fully saturated rings. The first-order chi connectivity index (χ1) is 10.4. The number of nitrogens with one attached hydrogen (secondary N) is 1. The minimum absolute atomic E-state index is 0.799. The largest absolute Gasteiger partial charge is 0.490 e. The average molecular weight is 286 g/mol. The summed E-state index contributed by atoms with van der Waals surface area (Å²) in [5, 5.41) is 3.55. The van der Waals surface area contributed by atoms with Crippen LogP contribution < -0.4 is 15.0 Å². The summed E-state index contributed by atoms with van der Waals surface area (Å²) in [6.45, 7) is 7.56. The molecule has 0 bridgehead atoms. The summed E-state index contributed by atoms with van der Waals surface area (Å²) >= 11 is 0. The molecule has 0 aromatic heterocycles. The zero-order chi connectivity index (χ0) is 14.2. The third kappa shape index (κ3) is 2.42. The molecule has 114 valence electrons. The molecule has 1 saturated carbocycles. The van der Waals surface area contributed by atoms with Gasteiger partial charge in [0.05, 0.1) is 12.2 Å². The molecule has 0 amide bonds. The van der Waals surface area contributed by atoms with Gasteiger partial charge in [-0.15, -0.1) is 0 Å². The van der Waals surface area contributed by atoms with Gasteiger partial charge in [-0.05, 0) is 73.9 Å². The van der Waals surface area contributed by atoms with Gasteiger partial charge in [0.15, 0.2) is 0 Å². The van der Waals surface area contributed by atoms with E-state index in [0.717, 1.165) is 50.9 Å². The molecular weight excluding hydrogens is 260 g/mol. The van der Waals surface area contributed by atoms with Crippen molar-refractivity contribution in [1.82, 2.24) is 5.32 Å². The molecule has 2 heterocycles. The topological polar surface area (TPSA) is 24.5 Å². The predicted octanol–water partition coefficient (Wildman–Crippen LogP) is 2.86. The summed E-state index contributed by atoms with van der Waals surface area (Å²) in [5.74, 6) is 1.96. The molecule has 0 unspecified atom stereocenters. The Morgan fingerprint density at radius 1 is 1.29 bits per heavy atom. The number of hydrogen-bond donors (Lipinski definition) is 1. The molecule has 3 nitrogen and oxygen atoms in total. The van der Waals surface area contributed by atoms with Crippen molar-refractivity contribution in [3.8, 4) is 5.75 Å². The number of anilines is 1. The smallest absolute Gasteiger partial charge is 0.143 e. The van der Waals surface area contributed by atoms with Crippen LogP contribution >= 0.6 is 0 Å². The molecule has 1 N–H and O–H groups in total. The zero-order valence-corrected chi connectivity index (χ0v) is 13.1. The predicted molar refractivity (Wildman–Crippen MR) is 86.7 cm³/mol. The van der Waals surface area contributed by atoms with Crippen molar-refractivity contribution < 1.29 is 4.74 Å². The van der Waals surface area contributed by atoms with Gasteiger partial charge in [-0.25, -0.2) is 0 Å². The molecule has 2 aliphatic heterocycles. The Kier molecular flexibility index (Phi) is 3.54. The van der Waals surface area contributed by atoms with Crippen LogP contribution in [0.2, 0.25) is 0 Å². The lowest BCUT2D eigenvalue weighted by Gasteiger charge is -2.35. The highest BCUT2D eigenvalue weighted by Gasteiger charge is 2.35. The summed E-state index contributed by atoms with van der Waals surface area (Å²) in [6.07, 6.45) is 6.29. The van der Waals surface area contributed by atoms with Gasteiger partial charge in [-0.1, -0.05) is 6.92 Å². The first kappa shape index (κ1) is 13.4. The molecule has 3 aliphatic rings. The van der Waals surface area contributed by atoms with E-state index < -0.39 is 0 Å². The van der Waals surface area contributed by atoms with Crippen molar-refractivity contribution in [1.29, 1.82) is 0 Å². The Labute approximate surface area is 127 Å². The first-order valence-corrected chi connectivity index (χ1v) is 8.65. The second kappa shape index (κ2) is 5.53. The lowest BCUT2D eigenvalue weighted by Crippen LogP contribution is -2.34. The number of rotatable bonds is 3. The van der Waals surface area contributed by atoms with Crippen LogP contribution in [0, 0.1) is 0 Å². The third-order valence-corrected chi connectivity index (χ3v) is 5.04. The van der Waals surface area contributed by atoms with Gasteiger partial charge >= 0.3 is 0 Å². The maximum atomic E-state index is 6.06. The van der Waals surface area contributed by atoms with Crippen LogP contribution in [-0.2, 0) is 12.8 Å². The van der Waals surface area contributed by atoms with E-state index in [-0.39, 0.29) is 0 Å². The Morgan fingerprint density at radius 3 is 2.95 bits per heavy atom. The van der Waals surface area contributed by atoms with Crippen LogP contribution in [-0.4, -0.2) is 32.8 Å². The number of hydrogen-bond acceptors (Lipinski definition) is 3. The number of ether oxygens (including phenoxy) is 1. The Balaban J connectivity index is 1.86. The van der Waals surface area contributed by atoms with Crippen LogP contribution in [0.15, 0.2) is 6.07 Å². The van der Waals surface area contributed by atoms with Gasteiger partial charge in [-0.3, -0.25) is 0 Å². The standard InChI is InChI=1S/C18H26N2O/c1-2-9-20-10-11-21-16-12-14-5-7-19-8-6-15(14)17(18(16)20)13-3-4-13/h12-13,19H,2-11H2,1H3. The molecule has 21 heavy (non-hydrogen) atoms. The minimum Gasteiger partial charge on any atom is -0.490 e. The van der Waals surface area contributed by atoms with Gasteiger partial charge in [0.25, 0.3) is 0 Å². The van der Waals surface area contributed by atoms with Crippen LogP contribution in [0.4, 0.5) is 5.69 Å². The van der Waals surface area contributed by atoms with Crippen molar-refractivity contribution >= 4 is 5.69 Å². The SMILES string of the molecule is CCCN1CCOc2cc3c(c(C4CC4)c21)CCNCC3. The van der Waals surface area contributed by atoms with E-state index in [4.69, 9.17) is 4.74 Å². The highest BCUT2D eigenvalue weighted by Crippen LogP contribution is 2.51. The molecule has 0 saturated heterocycles. The van der Waals surface area contributed by atoms with Crippen molar-refractivity contribution in [2.24, 2.45) is 0 Å². The fourth-order valence-electron chi connectivity index (χ4n) is 3.96. The van der Waals surface area contributed by atoms with Crippen molar-refractivity contribution in [3.05, 3.63) is 22.8 Å². The molecule has 0 radical (unpaired) electrons. The van der Waals surface area contributed by atoms with Crippen molar-refractivity contribution in [2.45, 2.75) is 44.9 Å². The minimum atomic E-state index is 0.799. The highest BCUT2D eigenvalue weighted by molar-refractivity contribution is 5.71. The normalized spacial score (nSPS) is 21.3. The second-order valence-corrected chi connectivity index (χ2v) is 6.63. The second-order valence-electron chi connectivity index (χ2n) is 6.63. The number of nitrogens with zero attached hydrogens (tertiary/aromatic N) is 1. The Hall–Kier alpha value is -1.22. The van der Waals surface area contributed by atoms with E-state index >= 15 is 0 Å². The van der Waals surface area contributed by atoms with E-state index in [1.807, 2.05) is 0 Å². The van der Waals surface area contributed by atoms with E-state index in [1.165, 1.54) is 31.4 Å². The van der Waals surface area contributed by atoms with Crippen LogP contribution in [0.5, 0.6) is 5.75 Å². The molecule has 0 spiro atoms. The molecule has 1 aliphatic carbocycles. The lowest BCUT2D eigenvalue weighted by atomic mass is 9.91. The summed E-state index contributed by atoms with van der Waals surface area (Å²) in [4.78, 5) is 2.59. The molecular formula is C18H26N2O. The molecule has 4 rings (SSSR count). The van der Waals surface area contributed by atoms with Gasteiger partial charge in [-0.2, -0.15) is 0 Å². The van der Waals surface area contributed by atoms with Gasteiger partial charge < -0.3 is 15.0 Å². The van der Waals surface area contributed by atoms with Crippen LogP contribution in [0.3, 0.4) is 0 Å². The first-order valence-electron chi connectivity index (χ1n) is 8.65. The average Bonchev–Trinajstić information content (AvgIpc) is 3.32. The number of benzene rings is 1. The third-order valence-electron chi connectivity index (χ3n) is 5.04. The molecule has 1 aromatic rings. The van der Waals surface area contributed by atoms with Gasteiger partial charge in [0.1, 0.15) is 12.4 Å². The van der Waals surface area contributed by atoms with Gasteiger partial charge in [0.2, 0.25) is 0 Å². The van der Waals surface area contributed by atoms with Crippen LogP contribution in [0.1, 0.15) is 48.8 Å². The van der Waals surface area contributed by atoms with E-state index in [2.05, 4.69) is 23.2 Å². The Morgan fingerprint density at radius 2 is 2.14 bits per heavy atom. The van der Waals surface area contributed by atoms with Gasteiger partial charge in [0, 0.05) is 6.54 Å². The lowest BCUT2D eigenvalue weighted by molar-refractivity contribution is 0.306. The van der Waals surface area contributed by atoms with Crippen LogP contribution in [0.25, 0.3) is 0 Å². The quantitative estimate of drug-likeness (QED) is 0.924. The fraction of sp³-hybridized carbons (Fsp3) is 0.667. The Bertz CT molecular complexity index is 537. The maximum absolute atomic E-state index is 6.06. The van der Waals surface area contributed by atoms with E-state index in [0.29, 0.717) is 0 Å². The zero-order valence-electron chi connectivity index (χ0n) is 13.1. The molecule has 0 atom stereocenters. The summed E-state index contributed by atoms with van der Waals surface area (Å²) in [5.41, 5.74) is 6.29.